The molecule has 2 atom stereocenters. The summed E-state index contributed by atoms with van der Waals surface area (Å²) in [5, 5.41) is 23.4. The van der Waals surface area contributed by atoms with Crippen molar-refractivity contribution in [1.82, 2.24) is 10.6 Å². The predicted octanol–water partition coefficient (Wildman–Crippen LogP) is 5.36. The van der Waals surface area contributed by atoms with Crippen molar-refractivity contribution >= 4 is 12.2 Å². The van der Waals surface area contributed by atoms with Gasteiger partial charge in [-0.15, -0.1) is 0 Å². The SMILES string of the molecule is C=COCCCCC(CCCNC(=O)O)C(C)(CCCCOC=C)C(C)(C)NC(=O)O. The summed E-state index contributed by atoms with van der Waals surface area (Å²) in [6, 6.07) is 0. The fourth-order valence-electron chi connectivity index (χ4n) is 4.18. The van der Waals surface area contributed by atoms with Gasteiger partial charge in [-0.3, -0.25) is 0 Å². The monoisotopic (exact) mass is 442 g/mol. The maximum Gasteiger partial charge on any atom is 0.405 e. The first-order valence-corrected chi connectivity index (χ1v) is 11.0. The number of nitrogens with one attached hydrogen (secondary N) is 2. The molecular weight excluding hydrogens is 400 g/mol. The van der Waals surface area contributed by atoms with Crippen LogP contribution in [0.15, 0.2) is 25.7 Å². The van der Waals surface area contributed by atoms with Crippen LogP contribution < -0.4 is 10.6 Å². The Balaban J connectivity index is 5.44. The zero-order chi connectivity index (χ0) is 23.8. The highest BCUT2D eigenvalue weighted by Gasteiger charge is 2.46. The maximum absolute atomic E-state index is 11.5. The summed E-state index contributed by atoms with van der Waals surface area (Å²) in [7, 11) is 0. The van der Waals surface area contributed by atoms with Gasteiger partial charge in [-0.25, -0.2) is 9.59 Å². The Kier molecular flexibility index (Phi) is 14.2. The number of hydrogen-bond donors (Lipinski definition) is 4. The fraction of sp³-hybridized carbons (Fsp3) is 0.739. The summed E-state index contributed by atoms with van der Waals surface area (Å²) >= 11 is 0. The van der Waals surface area contributed by atoms with Gasteiger partial charge in [0, 0.05) is 12.1 Å². The average molecular weight is 443 g/mol. The molecular formula is C23H42N2O6. The van der Waals surface area contributed by atoms with E-state index in [1.807, 2.05) is 13.8 Å². The minimum absolute atomic E-state index is 0.203. The van der Waals surface area contributed by atoms with E-state index in [0.717, 1.165) is 44.9 Å². The fourth-order valence-corrected chi connectivity index (χ4v) is 4.18. The van der Waals surface area contributed by atoms with Gasteiger partial charge in [0.15, 0.2) is 0 Å². The van der Waals surface area contributed by atoms with Gasteiger partial charge in [0.1, 0.15) is 0 Å². The largest absolute Gasteiger partial charge is 0.502 e. The Labute approximate surface area is 187 Å². The number of unbranched alkanes of at least 4 members (excludes halogenated alkanes) is 2. The van der Waals surface area contributed by atoms with Crippen LogP contribution in [-0.4, -0.2) is 47.7 Å². The first kappa shape index (κ1) is 28.6. The van der Waals surface area contributed by atoms with Gasteiger partial charge in [0.05, 0.1) is 25.7 Å². The zero-order valence-electron chi connectivity index (χ0n) is 19.5. The van der Waals surface area contributed by atoms with Crippen molar-refractivity contribution < 1.29 is 29.3 Å². The first-order valence-electron chi connectivity index (χ1n) is 11.0. The average Bonchev–Trinajstić information content (AvgIpc) is 2.67. The van der Waals surface area contributed by atoms with E-state index >= 15 is 0 Å². The molecule has 2 unspecified atom stereocenters. The molecule has 0 aromatic rings. The Bertz CT molecular complexity index is 552. The van der Waals surface area contributed by atoms with Crippen molar-refractivity contribution in [2.75, 3.05) is 19.8 Å². The molecule has 2 amide bonds. The molecule has 4 N–H and O–H groups in total. The number of hydrogen-bond acceptors (Lipinski definition) is 4. The van der Waals surface area contributed by atoms with Crippen LogP contribution in [0, 0.1) is 11.3 Å². The predicted molar refractivity (Wildman–Crippen MR) is 122 cm³/mol. The molecule has 8 heteroatoms. The quantitative estimate of drug-likeness (QED) is 0.158. The molecule has 8 nitrogen and oxygen atoms in total. The standard InChI is InChI=1S/C23H42N2O6/c1-6-30-17-10-8-13-19(14-12-16-24-20(26)27)23(5,15-9-11-18-31-7-2)22(3,4)25-21(28)29/h6-7,19,24-25H,1-2,8-18H2,3-5H3,(H,26,27)(H,28,29). The van der Waals surface area contributed by atoms with Gasteiger partial charge in [-0.2, -0.15) is 0 Å². The van der Waals surface area contributed by atoms with Crippen LogP contribution in [0.3, 0.4) is 0 Å². The summed E-state index contributed by atoms with van der Waals surface area (Å²) < 4.78 is 10.5. The molecule has 180 valence electrons. The summed E-state index contributed by atoms with van der Waals surface area (Å²) in [6.45, 7) is 14.7. The van der Waals surface area contributed by atoms with Gasteiger partial charge in [-0.1, -0.05) is 20.1 Å². The molecule has 0 aliphatic heterocycles. The van der Waals surface area contributed by atoms with Gasteiger partial charge in [0.25, 0.3) is 0 Å². The topological polar surface area (TPSA) is 117 Å². The van der Waals surface area contributed by atoms with Crippen LogP contribution in [0.1, 0.15) is 72.1 Å². The molecule has 0 aliphatic carbocycles. The summed E-state index contributed by atoms with van der Waals surface area (Å²) in [6.07, 6.45) is 7.56. The third-order valence-corrected chi connectivity index (χ3v) is 6.26. The van der Waals surface area contributed by atoms with Crippen LogP contribution in [0.25, 0.3) is 0 Å². The molecule has 0 aliphatic rings. The van der Waals surface area contributed by atoms with Crippen LogP contribution >= 0.6 is 0 Å². The van der Waals surface area contributed by atoms with Crippen molar-refractivity contribution in [2.24, 2.45) is 11.3 Å². The molecule has 0 aromatic heterocycles. The van der Waals surface area contributed by atoms with E-state index in [1.165, 1.54) is 12.5 Å². The lowest BCUT2D eigenvalue weighted by molar-refractivity contribution is 0.0309. The molecule has 0 rings (SSSR count). The van der Waals surface area contributed by atoms with E-state index in [4.69, 9.17) is 14.6 Å². The maximum atomic E-state index is 11.5. The molecule has 0 bridgehead atoms. The normalized spacial score (nSPS) is 14.0. The lowest BCUT2D eigenvalue weighted by Gasteiger charge is -2.50. The van der Waals surface area contributed by atoms with E-state index in [1.54, 1.807) is 0 Å². The number of ether oxygens (including phenoxy) is 2. The molecule has 0 aromatic carbocycles. The minimum atomic E-state index is -1.04. The van der Waals surface area contributed by atoms with E-state index in [2.05, 4.69) is 30.7 Å². The van der Waals surface area contributed by atoms with Crippen molar-refractivity contribution in [1.29, 1.82) is 0 Å². The molecule has 0 radical (unpaired) electrons. The summed E-state index contributed by atoms with van der Waals surface area (Å²) in [4.78, 5) is 22.3. The van der Waals surface area contributed by atoms with E-state index in [9.17, 15) is 14.7 Å². The molecule has 0 heterocycles. The lowest BCUT2D eigenvalue weighted by Crippen LogP contribution is -2.57. The smallest absolute Gasteiger partial charge is 0.405 e. The van der Waals surface area contributed by atoms with Crippen molar-refractivity contribution in [3.63, 3.8) is 0 Å². The second kappa shape index (κ2) is 15.4. The molecule has 0 saturated heterocycles. The second-order valence-corrected chi connectivity index (χ2v) is 8.57. The van der Waals surface area contributed by atoms with Gasteiger partial charge < -0.3 is 30.3 Å². The van der Waals surface area contributed by atoms with Crippen molar-refractivity contribution in [3.8, 4) is 0 Å². The molecule has 0 saturated carbocycles. The minimum Gasteiger partial charge on any atom is -0.502 e. The second-order valence-electron chi connectivity index (χ2n) is 8.57. The Morgan fingerprint density at radius 3 is 1.97 bits per heavy atom. The Morgan fingerprint density at radius 2 is 1.45 bits per heavy atom. The first-order chi connectivity index (χ1) is 14.6. The van der Waals surface area contributed by atoms with Gasteiger partial charge >= 0.3 is 12.2 Å². The Morgan fingerprint density at radius 1 is 0.903 bits per heavy atom. The number of carboxylic acid groups (broad SMARTS) is 2. The number of carbonyl (C=O) groups is 2. The molecule has 31 heavy (non-hydrogen) atoms. The van der Waals surface area contributed by atoms with Crippen molar-refractivity contribution in [3.05, 3.63) is 25.7 Å². The van der Waals surface area contributed by atoms with Crippen molar-refractivity contribution in [2.45, 2.75) is 77.7 Å². The Hall–Kier alpha value is -2.38. The van der Waals surface area contributed by atoms with E-state index in [0.29, 0.717) is 26.2 Å². The van der Waals surface area contributed by atoms with Crippen LogP contribution in [-0.2, 0) is 9.47 Å². The summed E-state index contributed by atoms with van der Waals surface area (Å²) in [5.41, 5.74) is -0.997. The summed E-state index contributed by atoms with van der Waals surface area (Å²) in [5.74, 6) is 0.203. The van der Waals surface area contributed by atoms with Crippen LogP contribution in [0.2, 0.25) is 0 Å². The third-order valence-electron chi connectivity index (χ3n) is 6.26. The highest BCUT2D eigenvalue weighted by molar-refractivity contribution is 5.65. The molecule has 0 fully saturated rings. The van der Waals surface area contributed by atoms with Gasteiger partial charge in [-0.05, 0) is 76.5 Å². The lowest BCUT2D eigenvalue weighted by atomic mass is 9.59. The van der Waals surface area contributed by atoms with Crippen LogP contribution in [0.4, 0.5) is 9.59 Å². The number of amides is 2. The highest BCUT2D eigenvalue weighted by Crippen LogP contribution is 2.47. The van der Waals surface area contributed by atoms with E-state index in [-0.39, 0.29) is 11.3 Å². The molecule has 0 spiro atoms. The zero-order valence-corrected chi connectivity index (χ0v) is 19.5. The van der Waals surface area contributed by atoms with Gasteiger partial charge in [0.2, 0.25) is 0 Å². The third kappa shape index (κ3) is 11.5. The number of rotatable bonds is 19. The highest BCUT2D eigenvalue weighted by atomic mass is 16.5. The van der Waals surface area contributed by atoms with E-state index < -0.39 is 17.7 Å². The van der Waals surface area contributed by atoms with Crippen LogP contribution in [0.5, 0.6) is 0 Å².